The van der Waals surface area contributed by atoms with Gasteiger partial charge in [0.1, 0.15) is 10.7 Å². The summed E-state index contributed by atoms with van der Waals surface area (Å²) >= 11 is 1.11. The lowest BCUT2D eigenvalue weighted by molar-refractivity contribution is -0.122. The number of rotatable bonds is 3. The highest BCUT2D eigenvalue weighted by Gasteiger charge is 2.30. The molecule has 1 aliphatic rings. The van der Waals surface area contributed by atoms with Gasteiger partial charge in [-0.15, -0.1) is 11.3 Å². The molecule has 2 heterocycles. The lowest BCUT2D eigenvalue weighted by Gasteiger charge is -2.27. The summed E-state index contributed by atoms with van der Waals surface area (Å²) in [5.41, 5.74) is 1.08. The van der Waals surface area contributed by atoms with Gasteiger partial charge in [-0.1, -0.05) is 18.2 Å². The minimum Gasteiger partial charge on any atom is -0.451 e. The predicted molar refractivity (Wildman–Crippen MR) is 109 cm³/mol. The average Bonchev–Trinajstić information content (AvgIpc) is 3.08. The minimum absolute atomic E-state index is 0.129. The van der Waals surface area contributed by atoms with E-state index in [1.54, 1.807) is 43.3 Å². The molecule has 0 saturated heterocycles. The fourth-order valence-corrected chi connectivity index (χ4v) is 4.33. The number of ether oxygens (including phenoxy) is 1. The Kier molecular flexibility index (Phi) is 5.02. The molecule has 2 aromatic carbocycles. The van der Waals surface area contributed by atoms with Crippen LogP contribution < -0.4 is 10.2 Å². The number of benzene rings is 2. The van der Waals surface area contributed by atoms with Crippen LogP contribution in [0.1, 0.15) is 23.0 Å². The molecule has 4 rings (SSSR count). The number of hydrogen-bond acceptors (Lipinski definition) is 5. The van der Waals surface area contributed by atoms with Crippen molar-refractivity contribution < 1.29 is 23.5 Å². The van der Waals surface area contributed by atoms with E-state index in [-0.39, 0.29) is 17.2 Å². The van der Waals surface area contributed by atoms with Gasteiger partial charge in [-0.25, -0.2) is 9.18 Å². The number of carbonyl (C=O) groups is 3. The Hall–Kier alpha value is -3.26. The number of esters is 1. The van der Waals surface area contributed by atoms with Crippen LogP contribution in [0.3, 0.4) is 0 Å². The first-order chi connectivity index (χ1) is 13.9. The Morgan fingerprint density at radius 1 is 1.24 bits per heavy atom. The number of para-hydroxylation sites is 2. The van der Waals surface area contributed by atoms with Gasteiger partial charge in [0.15, 0.2) is 6.61 Å². The monoisotopic (exact) mass is 412 g/mol. The number of nitrogens with zero attached hydrogens (tertiary/aromatic N) is 1. The Morgan fingerprint density at radius 2 is 2.03 bits per heavy atom. The summed E-state index contributed by atoms with van der Waals surface area (Å²) in [7, 11) is 0. The highest BCUT2D eigenvalue weighted by Crippen LogP contribution is 2.32. The quantitative estimate of drug-likeness (QED) is 0.661. The summed E-state index contributed by atoms with van der Waals surface area (Å²) in [6.45, 7) is 1.28. The fourth-order valence-electron chi connectivity index (χ4n) is 3.36. The number of amides is 2. The number of halogens is 1. The highest BCUT2D eigenvalue weighted by molar-refractivity contribution is 7.20. The van der Waals surface area contributed by atoms with Gasteiger partial charge in [0.25, 0.3) is 5.91 Å². The van der Waals surface area contributed by atoms with Gasteiger partial charge in [0, 0.05) is 22.5 Å². The first-order valence-electron chi connectivity index (χ1n) is 9.00. The molecule has 1 N–H and O–H groups in total. The molecule has 1 aliphatic heterocycles. The van der Waals surface area contributed by atoms with Gasteiger partial charge in [-0.2, -0.15) is 0 Å². The molecule has 0 fully saturated rings. The van der Waals surface area contributed by atoms with Gasteiger partial charge in [0.05, 0.1) is 11.4 Å². The van der Waals surface area contributed by atoms with E-state index < -0.39 is 30.3 Å². The zero-order valence-electron chi connectivity index (χ0n) is 15.5. The van der Waals surface area contributed by atoms with Gasteiger partial charge in [0.2, 0.25) is 5.91 Å². The second-order valence-electron chi connectivity index (χ2n) is 6.72. The Morgan fingerprint density at radius 3 is 2.83 bits per heavy atom. The van der Waals surface area contributed by atoms with Crippen LogP contribution in [-0.4, -0.2) is 30.4 Å². The first-order valence-corrected chi connectivity index (χ1v) is 9.82. The van der Waals surface area contributed by atoms with Crippen molar-refractivity contribution in [3.05, 3.63) is 59.2 Å². The summed E-state index contributed by atoms with van der Waals surface area (Å²) in [6, 6.07) is 12.6. The second-order valence-corrected chi connectivity index (χ2v) is 7.80. The molecule has 1 atom stereocenters. The Balaban J connectivity index is 1.52. The van der Waals surface area contributed by atoms with Gasteiger partial charge in [-0.05, 0) is 37.3 Å². The Bertz CT molecular complexity index is 1130. The largest absolute Gasteiger partial charge is 0.451 e. The van der Waals surface area contributed by atoms with Gasteiger partial charge in [-0.3, -0.25) is 9.59 Å². The number of nitrogens with one attached hydrogen (secondary N) is 1. The summed E-state index contributed by atoms with van der Waals surface area (Å²) in [5.74, 6) is -1.74. The van der Waals surface area contributed by atoms with E-state index in [1.807, 2.05) is 0 Å². The van der Waals surface area contributed by atoms with Crippen molar-refractivity contribution in [3.63, 3.8) is 0 Å². The van der Waals surface area contributed by atoms with E-state index in [0.29, 0.717) is 21.5 Å². The molecule has 0 aliphatic carbocycles. The molecule has 0 unspecified atom stereocenters. The maximum Gasteiger partial charge on any atom is 0.348 e. The van der Waals surface area contributed by atoms with Crippen molar-refractivity contribution in [1.82, 2.24) is 0 Å². The topological polar surface area (TPSA) is 75.7 Å². The number of fused-ring (bicyclic) bond motifs is 2. The molecule has 0 saturated carbocycles. The lowest BCUT2D eigenvalue weighted by atomic mass is 10.1. The zero-order chi connectivity index (χ0) is 20.5. The summed E-state index contributed by atoms with van der Waals surface area (Å²) in [4.78, 5) is 38.9. The van der Waals surface area contributed by atoms with Crippen molar-refractivity contribution in [2.24, 2.45) is 0 Å². The van der Waals surface area contributed by atoms with E-state index in [9.17, 15) is 18.8 Å². The summed E-state index contributed by atoms with van der Waals surface area (Å²) in [6.07, 6.45) is 0.129. The number of carbonyl (C=O) groups excluding carboxylic acids is 3. The molecule has 0 spiro atoms. The van der Waals surface area contributed by atoms with Crippen molar-refractivity contribution >= 4 is 50.6 Å². The van der Waals surface area contributed by atoms with E-state index in [1.165, 1.54) is 17.0 Å². The number of thiophene rings is 1. The van der Waals surface area contributed by atoms with Crippen LogP contribution in [0.4, 0.5) is 15.8 Å². The molecule has 2 amide bonds. The standard InChI is InChI=1S/C21H17FN2O4S/c1-12-9-19(25)23-15-6-2-3-7-16(15)24(12)20(26)11-28-21(27)18-10-13-14(22)5-4-8-17(13)29-18/h2-8,10,12H,9,11H2,1H3,(H,23,25)/t12-/m1/s1. The average molecular weight is 412 g/mol. The Labute approximate surface area is 169 Å². The molecular formula is C21H17FN2O4S. The second kappa shape index (κ2) is 7.63. The van der Waals surface area contributed by atoms with Crippen molar-refractivity contribution in [3.8, 4) is 0 Å². The van der Waals surface area contributed by atoms with Crippen LogP contribution in [0.5, 0.6) is 0 Å². The van der Waals surface area contributed by atoms with E-state index in [2.05, 4.69) is 5.32 Å². The molecule has 6 nitrogen and oxygen atoms in total. The van der Waals surface area contributed by atoms with Crippen LogP contribution in [-0.2, 0) is 14.3 Å². The molecular weight excluding hydrogens is 395 g/mol. The van der Waals surface area contributed by atoms with Crippen molar-refractivity contribution in [1.29, 1.82) is 0 Å². The van der Waals surface area contributed by atoms with Crippen LogP contribution in [0.15, 0.2) is 48.5 Å². The number of anilines is 2. The van der Waals surface area contributed by atoms with Crippen LogP contribution in [0.25, 0.3) is 10.1 Å². The molecule has 0 bridgehead atoms. The lowest BCUT2D eigenvalue weighted by Crippen LogP contribution is -2.41. The van der Waals surface area contributed by atoms with Crippen LogP contribution >= 0.6 is 11.3 Å². The molecule has 1 aromatic heterocycles. The van der Waals surface area contributed by atoms with Gasteiger partial charge < -0.3 is 15.0 Å². The van der Waals surface area contributed by atoms with E-state index >= 15 is 0 Å². The van der Waals surface area contributed by atoms with E-state index in [0.717, 1.165) is 11.3 Å². The normalized spacial score (nSPS) is 16.1. The van der Waals surface area contributed by atoms with E-state index in [4.69, 9.17) is 4.74 Å². The summed E-state index contributed by atoms with van der Waals surface area (Å²) in [5, 5.41) is 3.12. The third-order valence-electron chi connectivity index (χ3n) is 4.66. The molecule has 8 heteroatoms. The third-order valence-corrected chi connectivity index (χ3v) is 5.74. The third kappa shape index (κ3) is 3.71. The van der Waals surface area contributed by atoms with Crippen molar-refractivity contribution in [2.75, 3.05) is 16.8 Å². The molecule has 29 heavy (non-hydrogen) atoms. The maximum atomic E-state index is 13.8. The highest BCUT2D eigenvalue weighted by atomic mass is 32.1. The smallest absolute Gasteiger partial charge is 0.348 e. The van der Waals surface area contributed by atoms with Crippen LogP contribution in [0.2, 0.25) is 0 Å². The van der Waals surface area contributed by atoms with Crippen LogP contribution in [0, 0.1) is 5.82 Å². The maximum absolute atomic E-state index is 13.8. The first kappa shape index (κ1) is 19.1. The molecule has 148 valence electrons. The molecule has 3 aromatic rings. The SMILES string of the molecule is C[C@@H]1CC(=O)Nc2ccccc2N1C(=O)COC(=O)c1cc2c(F)cccc2s1. The fraction of sp³-hybridized carbons (Fsp3) is 0.190. The number of hydrogen-bond donors (Lipinski definition) is 1. The minimum atomic E-state index is -0.691. The predicted octanol–water partition coefficient (Wildman–Crippen LogP) is 3.96. The van der Waals surface area contributed by atoms with Crippen molar-refractivity contribution in [2.45, 2.75) is 19.4 Å². The van der Waals surface area contributed by atoms with Gasteiger partial charge >= 0.3 is 5.97 Å². The zero-order valence-corrected chi connectivity index (χ0v) is 16.3. The molecule has 0 radical (unpaired) electrons. The summed E-state index contributed by atoms with van der Waals surface area (Å²) < 4.78 is 19.7.